The van der Waals surface area contributed by atoms with Crippen LogP contribution >= 0.6 is 0 Å². The van der Waals surface area contributed by atoms with Crippen LogP contribution < -0.4 is 10.6 Å². The lowest BCUT2D eigenvalue weighted by atomic mass is 9.74. The quantitative estimate of drug-likeness (QED) is 0.570. The average Bonchev–Trinajstić information content (AvgIpc) is 3.46. The number of hydrogen-bond donors (Lipinski definition) is 2. The van der Waals surface area contributed by atoms with Crippen LogP contribution in [0.4, 0.5) is 0 Å². The summed E-state index contributed by atoms with van der Waals surface area (Å²) >= 11 is 0. The Labute approximate surface area is 176 Å². The number of guanidine groups is 1. The summed E-state index contributed by atoms with van der Waals surface area (Å²) in [4.78, 5) is 7.80. The van der Waals surface area contributed by atoms with Crippen molar-refractivity contribution in [2.45, 2.75) is 69.4 Å². The minimum absolute atomic E-state index is 0.0907. The molecule has 4 rings (SSSR count). The second-order valence-corrected chi connectivity index (χ2v) is 9.02. The fourth-order valence-corrected chi connectivity index (χ4v) is 5.34. The summed E-state index contributed by atoms with van der Waals surface area (Å²) in [6.45, 7) is 7.90. The molecule has 29 heavy (non-hydrogen) atoms. The minimum atomic E-state index is 0.0907. The molecule has 3 fully saturated rings. The molecule has 2 aliphatic heterocycles. The molecule has 1 aromatic rings. The molecule has 0 amide bonds. The predicted octanol–water partition coefficient (Wildman–Crippen LogP) is 3.31. The summed E-state index contributed by atoms with van der Waals surface area (Å²) in [6, 6.07) is 12.3. The highest BCUT2D eigenvalue weighted by atomic mass is 16.5. The van der Waals surface area contributed by atoms with Crippen molar-refractivity contribution in [1.29, 1.82) is 0 Å². The zero-order valence-electron chi connectivity index (χ0n) is 18.0. The highest BCUT2D eigenvalue weighted by molar-refractivity contribution is 5.80. The monoisotopic (exact) mass is 398 g/mol. The van der Waals surface area contributed by atoms with E-state index in [4.69, 9.17) is 9.73 Å². The topological polar surface area (TPSA) is 48.9 Å². The highest BCUT2D eigenvalue weighted by Gasteiger charge is 2.35. The maximum atomic E-state index is 5.68. The fourth-order valence-electron chi connectivity index (χ4n) is 5.34. The Morgan fingerprint density at radius 2 is 1.90 bits per heavy atom. The molecule has 0 radical (unpaired) electrons. The molecule has 2 saturated heterocycles. The summed E-state index contributed by atoms with van der Waals surface area (Å²) in [7, 11) is 0. The third-order valence-corrected chi connectivity index (χ3v) is 7.12. The Hall–Kier alpha value is -1.59. The first-order valence-corrected chi connectivity index (χ1v) is 11.7. The first-order chi connectivity index (χ1) is 14.3. The van der Waals surface area contributed by atoms with Crippen LogP contribution in [0.3, 0.4) is 0 Å². The number of rotatable bonds is 6. The van der Waals surface area contributed by atoms with Crippen molar-refractivity contribution in [2.24, 2.45) is 4.99 Å². The average molecular weight is 399 g/mol. The van der Waals surface area contributed by atoms with Gasteiger partial charge in [0, 0.05) is 50.3 Å². The van der Waals surface area contributed by atoms with Crippen LogP contribution in [-0.4, -0.2) is 62.3 Å². The summed E-state index contributed by atoms with van der Waals surface area (Å²) in [5.41, 5.74) is 1.49. The van der Waals surface area contributed by atoms with E-state index in [2.05, 4.69) is 52.8 Å². The van der Waals surface area contributed by atoms with E-state index in [0.717, 1.165) is 57.7 Å². The lowest BCUT2D eigenvalue weighted by Gasteiger charge is -2.36. The van der Waals surface area contributed by atoms with Gasteiger partial charge < -0.3 is 15.4 Å². The lowest BCUT2D eigenvalue weighted by Crippen LogP contribution is -2.46. The van der Waals surface area contributed by atoms with E-state index < -0.39 is 0 Å². The predicted molar refractivity (Wildman–Crippen MR) is 120 cm³/mol. The van der Waals surface area contributed by atoms with Gasteiger partial charge in [-0.05, 0) is 44.6 Å². The van der Waals surface area contributed by atoms with Crippen molar-refractivity contribution in [3.63, 3.8) is 0 Å². The van der Waals surface area contributed by atoms with Crippen LogP contribution in [0.5, 0.6) is 0 Å². The molecule has 1 saturated carbocycles. The Kier molecular flexibility index (Phi) is 7.09. The van der Waals surface area contributed by atoms with Gasteiger partial charge >= 0.3 is 0 Å². The number of hydrogen-bond acceptors (Lipinski definition) is 3. The van der Waals surface area contributed by atoms with Crippen molar-refractivity contribution >= 4 is 5.96 Å². The van der Waals surface area contributed by atoms with E-state index in [0.29, 0.717) is 6.04 Å². The van der Waals surface area contributed by atoms with E-state index in [9.17, 15) is 0 Å². The van der Waals surface area contributed by atoms with Crippen LogP contribution in [0, 0.1) is 0 Å². The summed E-state index contributed by atoms with van der Waals surface area (Å²) in [6.07, 6.45) is 8.91. The molecule has 0 bridgehead atoms. The van der Waals surface area contributed by atoms with E-state index in [1.807, 2.05) is 0 Å². The van der Waals surface area contributed by atoms with Crippen molar-refractivity contribution in [2.75, 3.05) is 39.4 Å². The van der Waals surface area contributed by atoms with Gasteiger partial charge in [-0.15, -0.1) is 0 Å². The summed E-state index contributed by atoms with van der Waals surface area (Å²) < 4.78 is 5.68. The highest BCUT2D eigenvalue weighted by Crippen LogP contribution is 2.35. The molecule has 2 heterocycles. The van der Waals surface area contributed by atoms with Crippen molar-refractivity contribution in [1.82, 2.24) is 15.5 Å². The van der Waals surface area contributed by atoms with Crippen LogP contribution in [0.15, 0.2) is 35.3 Å². The molecule has 0 aromatic heterocycles. The standard InChI is InChI=1S/C24H38N4O/c1-2-25-23(27-21-12-15-28(18-21)22-10-6-7-11-22)26-19-24(13-16-29-17-14-24)20-8-4-3-5-9-20/h3-5,8-9,21-22H,2,6-7,10-19H2,1H3,(H2,25,26,27). The third-order valence-electron chi connectivity index (χ3n) is 7.12. The largest absolute Gasteiger partial charge is 0.381 e. The molecule has 1 atom stereocenters. The molecule has 0 spiro atoms. The Balaban J connectivity index is 1.41. The number of nitrogens with zero attached hydrogens (tertiary/aromatic N) is 2. The van der Waals surface area contributed by atoms with Gasteiger partial charge in [0.2, 0.25) is 0 Å². The minimum Gasteiger partial charge on any atom is -0.381 e. The number of likely N-dealkylation sites (tertiary alicyclic amines) is 1. The van der Waals surface area contributed by atoms with Gasteiger partial charge in [0.1, 0.15) is 0 Å². The fraction of sp³-hybridized carbons (Fsp3) is 0.708. The first-order valence-electron chi connectivity index (χ1n) is 11.7. The molecule has 3 aliphatic rings. The third kappa shape index (κ3) is 5.13. The van der Waals surface area contributed by atoms with E-state index in [1.165, 1.54) is 44.2 Å². The van der Waals surface area contributed by atoms with Crippen LogP contribution in [0.25, 0.3) is 0 Å². The van der Waals surface area contributed by atoms with Gasteiger partial charge in [-0.1, -0.05) is 43.2 Å². The molecule has 1 unspecified atom stereocenters. The molecule has 160 valence electrons. The Bertz CT molecular complexity index is 650. The SMILES string of the molecule is CCNC(=NCC1(c2ccccc2)CCOCC1)NC1CCN(C2CCCC2)C1. The van der Waals surface area contributed by atoms with E-state index in [1.54, 1.807) is 0 Å². The maximum absolute atomic E-state index is 5.68. The normalized spacial score (nSPS) is 26.0. The summed E-state index contributed by atoms with van der Waals surface area (Å²) in [5, 5.41) is 7.24. The molecular weight excluding hydrogens is 360 g/mol. The lowest BCUT2D eigenvalue weighted by molar-refractivity contribution is 0.0531. The van der Waals surface area contributed by atoms with Gasteiger partial charge in [0.15, 0.2) is 5.96 Å². The molecule has 5 nitrogen and oxygen atoms in total. The van der Waals surface area contributed by atoms with Crippen molar-refractivity contribution < 1.29 is 4.74 Å². The number of aliphatic imine (C=N–C) groups is 1. The van der Waals surface area contributed by atoms with Gasteiger partial charge in [-0.3, -0.25) is 9.89 Å². The molecule has 2 N–H and O–H groups in total. The molecule has 1 aliphatic carbocycles. The Morgan fingerprint density at radius 1 is 1.14 bits per heavy atom. The van der Waals surface area contributed by atoms with Crippen LogP contribution in [0.1, 0.15) is 57.4 Å². The zero-order chi connectivity index (χ0) is 19.9. The zero-order valence-corrected chi connectivity index (χ0v) is 18.0. The van der Waals surface area contributed by atoms with Crippen LogP contribution in [0.2, 0.25) is 0 Å². The van der Waals surface area contributed by atoms with Gasteiger partial charge in [0.05, 0.1) is 6.54 Å². The van der Waals surface area contributed by atoms with E-state index >= 15 is 0 Å². The van der Waals surface area contributed by atoms with E-state index in [-0.39, 0.29) is 5.41 Å². The Morgan fingerprint density at radius 3 is 2.62 bits per heavy atom. The number of ether oxygens (including phenoxy) is 1. The number of nitrogens with one attached hydrogen (secondary N) is 2. The smallest absolute Gasteiger partial charge is 0.191 e. The van der Waals surface area contributed by atoms with Gasteiger partial charge in [0.25, 0.3) is 0 Å². The molecular formula is C24H38N4O. The molecule has 5 heteroatoms. The van der Waals surface area contributed by atoms with Crippen molar-refractivity contribution in [3.05, 3.63) is 35.9 Å². The van der Waals surface area contributed by atoms with Gasteiger partial charge in [-0.2, -0.15) is 0 Å². The van der Waals surface area contributed by atoms with Crippen molar-refractivity contribution in [3.8, 4) is 0 Å². The van der Waals surface area contributed by atoms with Gasteiger partial charge in [-0.25, -0.2) is 0 Å². The summed E-state index contributed by atoms with van der Waals surface area (Å²) in [5.74, 6) is 0.979. The maximum Gasteiger partial charge on any atom is 0.191 e. The first kappa shape index (κ1) is 20.7. The van der Waals surface area contributed by atoms with Crippen LogP contribution in [-0.2, 0) is 10.2 Å². The number of benzene rings is 1. The second kappa shape index (κ2) is 9.94. The second-order valence-electron chi connectivity index (χ2n) is 9.02. The molecule has 1 aromatic carbocycles.